The molecule has 0 saturated heterocycles. The fourth-order valence-electron chi connectivity index (χ4n) is 1.71. The monoisotopic (exact) mass is 359 g/mol. The zero-order chi connectivity index (χ0) is 13.8. The van der Waals surface area contributed by atoms with Gasteiger partial charge < -0.3 is 10.1 Å². The number of nitrogens with one attached hydrogen (secondary N) is 1. The molecule has 2 rings (SSSR count). The van der Waals surface area contributed by atoms with Gasteiger partial charge in [0.05, 0.1) is 12.8 Å². The van der Waals surface area contributed by atoms with Gasteiger partial charge in [0.15, 0.2) is 0 Å². The Kier molecular flexibility index (Phi) is 4.97. The van der Waals surface area contributed by atoms with Gasteiger partial charge in [0.2, 0.25) is 0 Å². The summed E-state index contributed by atoms with van der Waals surface area (Å²) >= 11 is 15.4. The molecule has 0 unspecified atom stereocenters. The standard InChI is InChI=1S/C14H12BrCl2NO/c1-19-14-5-3-10(16)6-9(14)8-18-13-7-11(17)2-4-12(13)15/h2-7,18H,8H2,1H3. The van der Waals surface area contributed by atoms with E-state index in [2.05, 4.69) is 21.2 Å². The summed E-state index contributed by atoms with van der Waals surface area (Å²) in [6.45, 7) is 0.600. The Labute approximate surface area is 130 Å². The molecule has 2 aromatic rings. The number of halogens is 3. The molecule has 19 heavy (non-hydrogen) atoms. The summed E-state index contributed by atoms with van der Waals surface area (Å²) in [6, 6.07) is 11.1. The van der Waals surface area contributed by atoms with Gasteiger partial charge in [-0.3, -0.25) is 0 Å². The molecule has 0 aliphatic carbocycles. The van der Waals surface area contributed by atoms with Gasteiger partial charge in [-0.15, -0.1) is 0 Å². The highest BCUT2D eigenvalue weighted by molar-refractivity contribution is 9.10. The van der Waals surface area contributed by atoms with Gasteiger partial charge >= 0.3 is 0 Å². The molecule has 0 aliphatic rings. The van der Waals surface area contributed by atoms with E-state index in [1.807, 2.05) is 30.3 Å². The lowest BCUT2D eigenvalue weighted by molar-refractivity contribution is 0.410. The van der Waals surface area contributed by atoms with Crippen LogP contribution in [0.3, 0.4) is 0 Å². The molecule has 0 atom stereocenters. The number of anilines is 1. The van der Waals surface area contributed by atoms with Crippen molar-refractivity contribution in [1.82, 2.24) is 0 Å². The van der Waals surface area contributed by atoms with Crippen molar-refractivity contribution in [2.24, 2.45) is 0 Å². The van der Waals surface area contributed by atoms with Gasteiger partial charge in [-0.25, -0.2) is 0 Å². The third kappa shape index (κ3) is 3.78. The third-order valence-electron chi connectivity index (χ3n) is 2.64. The van der Waals surface area contributed by atoms with Crippen molar-refractivity contribution in [1.29, 1.82) is 0 Å². The second-order valence-corrected chi connectivity index (χ2v) is 5.66. The fraction of sp³-hybridized carbons (Fsp3) is 0.143. The molecule has 100 valence electrons. The molecule has 0 saturated carbocycles. The summed E-state index contributed by atoms with van der Waals surface area (Å²) in [4.78, 5) is 0. The molecule has 0 amide bonds. The highest BCUT2D eigenvalue weighted by atomic mass is 79.9. The predicted molar refractivity (Wildman–Crippen MR) is 84.5 cm³/mol. The van der Waals surface area contributed by atoms with E-state index in [1.54, 1.807) is 13.2 Å². The Bertz CT molecular complexity index is 590. The van der Waals surface area contributed by atoms with Crippen LogP contribution in [-0.2, 0) is 6.54 Å². The topological polar surface area (TPSA) is 21.3 Å². The second kappa shape index (κ2) is 6.51. The van der Waals surface area contributed by atoms with E-state index in [-0.39, 0.29) is 0 Å². The third-order valence-corrected chi connectivity index (χ3v) is 3.80. The van der Waals surface area contributed by atoms with Crippen LogP contribution < -0.4 is 10.1 Å². The molecule has 0 aliphatic heterocycles. The van der Waals surface area contributed by atoms with E-state index in [4.69, 9.17) is 27.9 Å². The number of methoxy groups -OCH3 is 1. The van der Waals surface area contributed by atoms with Crippen LogP contribution in [0.25, 0.3) is 0 Å². The van der Waals surface area contributed by atoms with Gasteiger partial charge in [-0.1, -0.05) is 23.2 Å². The second-order valence-electron chi connectivity index (χ2n) is 3.93. The Hall–Kier alpha value is -0.900. The average molecular weight is 361 g/mol. The summed E-state index contributed by atoms with van der Waals surface area (Å²) in [5.74, 6) is 0.801. The first-order chi connectivity index (χ1) is 9.10. The molecule has 0 bridgehead atoms. The predicted octanol–water partition coefficient (Wildman–Crippen LogP) is 5.38. The Balaban J connectivity index is 2.18. The minimum absolute atomic E-state index is 0.600. The number of hydrogen-bond donors (Lipinski definition) is 1. The summed E-state index contributed by atoms with van der Waals surface area (Å²) < 4.78 is 6.26. The average Bonchev–Trinajstić information content (AvgIpc) is 2.40. The van der Waals surface area contributed by atoms with E-state index < -0.39 is 0 Å². The quantitative estimate of drug-likeness (QED) is 0.790. The molecule has 0 aromatic heterocycles. The molecule has 0 fully saturated rings. The normalized spacial score (nSPS) is 10.3. The smallest absolute Gasteiger partial charge is 0.123 e. The minimum atomic E-state index is 0.600. The van der Waals surface area contributed by atoms with Crippen molar-refractivity contribution in [3.63, 3.8) is 0 Å². The molecule has 0 radical (unpaired) electrons. The molecule has 2 aromatic carbocycles. The van der Waals surface area contributed by atoms with Crippen LogP contribution in [0, 0.1) is 0 Å². The van der Waals surface area contributed by atoms with Crippen LogP contribution in [0.15, 0.2) is 40.9 Å². The highest BCUT2D eigenvalue weighted by Crippen LogP contribution is 2.28. The van der Waals surface area contributed by atoms with E-state index in [1.165, 1.54) is 0 Å². The zero-order valence-corrected chi connectivity index (χ0v) is 13.3. The zero-order valence-electron chi connectivity index (χ0n) is 10.2. The van der Waals surface area contributed by atoms with Crippen molar-refractivity contribution in [2.75, 3.05) is 12.4 Å². The van der Waals surface area contributed by atoms with E-state index in [0.29, 0.717) is 16.6 Å². The van der Waals surface area contributed by atoms with Gasteiger partial charge in [0.25, 0.3) is 0 Å². The molecule has 2 nitrogen and oxygen atoms in total. The first kappa shape index (κ1) is 14.5. The number of rotatable bonds is 4. The largest absolute Gasteiger partial charge is 0.496 e. The van der Waals surface area contributed by atoms with Crippen LogP contribution in [-0.4, -0.2) is 7.11 Å². The van der Waals surface area contributed by atoms with Crippen LogP contribution in [0.1, 0.15) is 5.56 Å². The molecule has 0 spiro atoms. The number of benzene rings is 2. The summed E-state index contributed by atoms with van der Waals surface area (Å²) in [5.41, 5.74) is 1.91. The van der Waals surface area contributed by atoms with Crippen LogP contribution in [0.4, 0.5) is 5.69 Å². The maximum atomic E-state index is 6.00. The van der Waals surface area contributed by atoms with Crippen molar-refractivity contribution >= 4 is 44.8 Å². The first-order valence-corrected chi connectivity index (χ1v) is 7.16. The molecular formula is C14H12BrCl2NO. The van der Waals surface area contributed by atoms with E-state index >= 15 is 0 Å². The van der Waals surface area contributed by atoms with Crippen molar-refractivity contribution in [3.05, 3.63) is 56.5 Å². The lowest BCUT2D eigenvalue weighted by atomic mass is 10.2. The van der Waals surface area contributed by atoms with E-state index in [9.17, 15) is 0 Å². The van der Waals surface area contributed by atoms with Crippen molar-refractivity contribution in [2.45, 2.75) is 6.54 Å². The molecular weight excluding hydrogens is 349 g/mol. The summed E-state index contributed by atoms with van der Waals surface area (Å²) in [6.07, 6.45) is 0. The van der Waals surface area contributed by atoms with Crippen LogP contribution in [0.2, 0.25) is 10.0 Å². The Morgan fingerprint density at radius 3 is 2.53 bits per heavy atom. The first-order valence-electron chi connectivity index (χ1n) is 5.61. The van der Waals surface area contributed by atoms with Gasteiger partial charge in [0, 0.05) is 26.6 Å². The fourth-order valence-corrected chi connectivity index (χ4v) is 2.46. The van der Waals surface area contributed by atoms with Gasteiger partial charge in [0.1, 0.15) is 5.75 Å². The van der Waals surface area contributed by atoms with Gasteiger partial charge in [-0.2, -0.15) is 0 Å². The van der Waals surface area contributed by atoms with Crippen LogP contribution in [0.5, 0.6) is 5.75 Å². The summed E-state index contributed by atoms with van der Waals surface area (Å²) in [5, 5.41) is 4.67. The summed E-state index contributed by atoms with van der Waals surface area (Å²) in [7, 11) is 1.64. The molecule has 1 N–H and O–H groups in total. The maximum absolute atomic E-state index is 6.00. The molecule has 5 heteroatoms. The Morgan fingerprint density at radius 1 is 1.11 bits per heavy atom. The van der Waals surface area contributed by atoms with Crippen LogP contribution >= 0.6 is 39.1 Å². The maximum Gasteiger partial charge on any atom is 0.123 e. The number of ether oxygens (including phenoxy) is 1. The highest BCUT2D eigenvalue weighted by Gasteiger charge is 2.05. The molecule has 0 heterocycles. The number of hydrogen-bond acceptors (Lipinski definition) is 2. The SMILES string of the molecule is COc1ccc(Cl)cc1CNc1cc(Cl)ccc1Br. The van der Waals surface area contributed by atoms with Gasteiger partial charge in [-0.05, 0) is 52.3 Å². The Morgan fingerprint density at radius 2 is 1.79 bits per heavy atom. The lowest BCUT2D eigenvalue weighted by Crippen LogP contribution is -2.02. The van der Waals surface area contributed by atoms with E-state index in [0.717, 1.165) is 21.5 Å². The van der Waals surface area contributed by atoms with Crippen molar-refractivity contribution in [3.8, 4) is 5.75 Å². The lowest BCUT2D eigenvalue weighted by Gasteiger charge is -2.12. The minimum Gasteiger partial charge on any atom is -0.496 e. The van der Waals surface area contributed by atoms with Crippen molar-refractivity contribution < 1.29 is 4.74 Å².